The van der Waals surface area contributed by atoms with Crippen molar-refractivity contribution in [3.8, 4) is 23.1 Å². The number of Topliss-reactive ketones (excluding diaryl/α,β-unsaturated/α-hetero) is 1. The summed E-state index contributed by atoms with van der Waals surface area (Å²) in [4.78, 5) is 26.2. The van der Waals surface area contributed by atoms with Gasteiger partial charge in [-0.25, -0.2) is 9.78 Å². The quantitative estimate of drug-likeness (QED) is 0.487. The molecule has 7 nitrogen and oxygen atoms in total. The van der Waals surface area contributed by atoms with E-state index in [4.69, 9.17) is 14.6 Å². The summed E-state index contributed by atoms with van der Waals surface area (Å²) < 4.78 is 51.2. The van der Waals surface area contributed by atoms with E-state index >= 15 is 0 Å². The fourth-order valence-corrected chi connectivity index (χ4v) is 2.80. The number of carboxylic acid groups (broad SMARTS) is 1. The van der Waals surface area contributed by atoms with Gasteiger partial charge >= 0.3 is 12.1 Å². The molecule has 3 aromatic rings. The van der Waals surface area contributed by atoms with Crippen LogP contribution in [0.15, 0.2) is 54.7 Å². The Kier molecular flexibility index (Phi) is 6.33. The number of rotatable bonds is 7. The van der Waals surface area contributed by atoms with Gasteiger partial charge in [-0.05, 0) is 42.8 Å². The summed E-state index contributed by atoms with van der Waals surface area (Å²) in [7, 11) is 0. The standard InChI is InChI=1S/C22H16F3NO6/c1-12(27)16-6-7-17(19(20(16)28)22(23,24)25)31-11-13-3-2-4-15(9-13)32-18-8-5-14(10-26-18)21(29)30/h2-10,28H,11H2,1H3,(H,29,30). The number of nitrogens with zero attached hydrogens (tertiary/aromatic N) is 1. The van der Waals surface area contributed by atoms with Gasteiger partial charge in [0.25, 0.3) is 0 Å². The van der Waals surface area contributed by atoms with Crippen LogP contribution in [-0.4, -0.2) is 26.9 Å². The Morgan fingerprint density at radius 3 is 2.44 bits per heavy atom. The first-order valence-corrected chi connectivity index (χ1v) is 9.09. The minimum Gasteiger partial charge on any atom is -0.506 e. The molecule has 0 aliphatic carbocycles. The lowest BCUT2D eigenvalue weighted by Gasteiger charge is -2.17. The largest absolute Gasteiger partial charge is 0.506 e. The van der Waals surface area contributed by atoms with Crippen molar-refractivity contribution >= 4 is 11.8 Å². The molecule has 3 rings (SSSR count). The van der Waals surface area contributed by atoms with Crippen LogP contribution in [0, 0.1) is 0 Å². The number of hydrogen-bond donors (Lipinski definition) is 2. The van der Waals surface area contributed by atoms with E-state index < -0.39 is 40.6 Å². The summed E-state index contributed by atoms with van der Waals surface area (Å²) in [6, 6.07) is 11.0. The molecule has 0 spiro atoms. The number of aromatic carboxylic acids is 1. The summed E-state index contributed by atoms with van der Waals surface area (Å²) in [5.41, 5.74) is -1.45. The number of carbonyl (C=O) groups is 2. The number of hydrogen-bond acceptors (Lipinski definition) is 6. The van der Waals surface area contributed by atoms with Gasteiger partial charge in [0.1, 0.15) is 29.4 Å². The van der Waals surface area contributed by atoms with E-state index in [1.807, 2.05) is 0 Å². The first-order chi connectivity index (χ1) is 15.1. The Bertz CT molecular complexity index is 1160. The molecule has 0 fully saturated rings. The molecule has 1 heterocycles. The lowest BCUT2D eigenvalue weighted by molar-refractivity contribution is -0.140. The van der Waals surface area contributed by atoms with E-state index in [1.165, 1.54) is 18.2 Å². The first-order valence-electron chi connectivity index (χ1n) is 9.09. The Hall–Kier alpha value is -4.08. The second kappa shape index (κ2) is 8.96. The Morgan fingerprint density at radius 1 is 1.09 bits per heavy atom. The van der Waals surface area contributed by atoms with Crippen LogP contribution in [0.4, 0.5) is 13.2 Å². The Morgan fingerprint density at radius 2 is 1.84 bits per heavy atom. The maximum Gasteiger partial charge on any atom is 0.423 e. The van der Waals surface area contributed by atoms with Crippen LogP contribution in [0.1, 0.15) is 38.8 Å². The molecular weight excluding hydrogens is 431 g/mol. The van der Waals surface area contributed by atoms with Crippen LogP contribution in [0.5, 0.6) is 23.1 Å². The second-order valence-corrected chi connectivity index (χ2v) is 6.62. The monoisotopic (exact) mass is 447 g/mol. The fourth-order valence-electron chi connectivity index (χ4n) is 2.80. The SMILES string of the molecule is CC(=O)c1ccc(OCc2cccc(Oc3ccc(C(=O)O)cn3)c2)c(C(F)(F)F)c1O. The van der Waals surface area contributed by atoms with Crippen LogP contribution in [0.25, 0.3) is 0 Å². The fraction of sp³-hybridized carbons (Fsp3) is 0.136. The molecule has 0 aliphatic rings. The van der Waals surface area contributed by atoms with Gasteiger partial charge < -0.3 is 19.7 Å². The number of aromatic hydroxyl groups is 1. The number of benzene rings is 2. The number of phenolic OH excluding ortho intramolecular Hbond substituents is 1. The highest BCUT2D eigenvalue weighted by Crippen LogP contribution is 2.44. The smallest absolute Gasteiger partial charge is 0.423 e. The predicted molar refractivity (Wildman–Crippen MR) is 105 cm³/mol. The van der Waals surface area contributed by atoms with Crippen LogP contribution in [-0.2, 0) is 12.8 Å². The zero-order valence-electron chi connectivity index (χ0n) is 16.5. The van der Waals surface area contributed by atoms with Crippen molar-refractivity contribution < 1.29 is 42.4 Å². The van der Waals surface area contributed by atoms with Crippen molar-refractivity contribution in [3.63, 3.8) is 0 Å². The van der Waals surface area contributed by atoms with Crippen LogP contribution < -0.4 is 9.47 Å². The molecule has 0 aliphatic heterocycles. The number of carboxylic acids is 1. The second-order valence-electron chi connectivity index (χ2n) is 6.62. The minimum atomic E-state index is -4.94. The number of pyridine rings is 1. The molecular formula is C22H16F3NO6. The average Bonchev–Trinajstić information content (AvgIpc) is 2.71. The molecule has 0 unspecified atom stereocenters. The molecule has 0 saturated carbocycles. The highest BCUT2D eigenvalue weighted by Gasteiger charge is 2.39. The van der Waals surface area contributed by atoms with Crippen LogP contribution in [0.2, 0.25) is 0 Å². The maximum absolute atomic E-state index is 13.4. The normalized spacial score (nSPS) is 11.1. The third-order valence-electron chi connectivity index (χ3n) is 4.30. The van der Waals surface area contributed by atoms with Crippen molar-refractivity contribution in [3.05, 3.63) is 77.0 Å². The topological polar surface area (TPSA) is 106 Å². The van der Waals surface area contributed by atoms with Crippen molar-refractivity contribution in [1.82, 2.24) is 4.98 Å². The summed E-state index contributed by atoms with van der Waals surface area (Å²) in [5.74, 6) is -3.24. The van der Waals surface area contributed by atoms with E-state index in [1.54, 1.807) is 18.2 Å². The van der Waals surface area contributed by atoms with E-state index in [0.29, 0.717) is 11.3 Å². The lowest BCUT2D eigenvalue weighted by Crippen LogP contribution is -2.11. The van der Waals surface area contributed by atoms with Crippen molar-refractivity contribution in [1.29, 1.82) is 0 Å². The first kappa shape index (κ1) is 22.6. The molecule has 0 saturated heterocycles. The third kappa shape index (κ3) is 5.15. The molecule has 166 valence electrons. The number of alkyl halides is 3. The van der Waals surface area contributed by atoms with E-state index in [2.05, 4.69) is 4.98 Å². The van der Waals surface area contributed by atoms with Gasteiger partial charge in [-0.15, -0.1) is 0 Å². The predicted octanol–water partition coefficient (Wildman–Crippen LogP) is 5.08. The number of ether oxygens (including phenoxy) is 2. The van der Waals surface area contributed by atoms with Crippen LogP contribution in [0.3, 0.4) is 0 Å². The maximum atomic E-state index is 13.4. The molecule has 2 aromatic carbocycles. The Labute approximate surface area is 179 Å². The van der Waals surface area contributed by atoms with Gasteiger partial charge in [0.05, 0.1) is 11.1 Å². The molecule has 0 atom stereocenters. The molecule has 10 heteroatoms. The summed E-state index contributed by atoms with van der Waals surface area (Å²) >= 11 is 0. The molecule has 1 aromatic heterocycles. The van der Waals surface area contributed by atoms with Gasteiger partial charge in [0.15, 0.2) is 5.78 Å². The van der Waals surface area contributed by atoms with Gasteiger partial charge in [-0.3, -0.25) is 4.79 Å². The molecule has 0 radical (unpaired) electrons. The summed E-state index contributed by atoms with van der Waals surface area (Å²) in [5, 5.41) is 18.8. The van der Waals surface area contributed by atoms with Gasteiger partial charge in [0, 0.05) is 12.3 Å². The summed E-state index contributed by atoms with van der Waals surface area (Å²) in [6.07, 6.45) is -3.82. The molecule has 2 N–H and O–H groups in total. The van der Waals surface area contributed by atoms with E-state index in [-0.39, 0.29) is 18.1 Å². The minimum absolute atomic E-state index is 0.0148. The number of carbonyl (C=O) groups excluding carboxylic acids is 1. The average molecular weight is 447 g/mol. The number of ketones is 1. The molecule has 32 heavy (non-hydrogen) atoms. The van der Waals surface area contributed by atoms with Crippen molar-refractivity contribution in [2.75, 3.05) is 0 Å². The summed E-state index contributed by atoms with van der Waals surface area (Å²) in [6.45, 7) is 0.760. The molecule has 0 amide bonds. The van der Waals surface area contributed by atoms with Gasteiger partial charge in [-0.1, -0.05) is 12.1 Å². The van der Waals surface area contributed by atoms with Crippen molar-refractivity contribution in [2.45, 2.75) is 19.7 Å². The number of halogens is 3. The van der Waals surface area contributed by atoms with Crippen LogP contribution >= 0.6 is 0 Å². The van der Waals surface area contributed by atoms with E-state index in [0.717, 1.165) is 25.3 Å². The van der Waals surface area contributed by atoms with Gasteiger partial charge in [0.2, 0.25) is 5.88 Å². The zero-order valence-corrected chi connectivity index (χ0v) is 16.5. The highest BCUT2D eigenvalue weighted by atomic mass is 19.4. The third-order valence-corrected chi connectivity index (χ3v) is 4.30. The highest BCUT2D eigenvalue weighted by molar-refractivity contribution is 5.97. The Balaban J connectivity index is 1.79. The number of aromatic nitrogens is 1. The lowest BCUT2D eigenvalue weighted by atomic mass is 10.0. The molecule has 0 bridgehead atoms. The van der Waals surface area contributed by atoms with Crippen molar-refractivity contribution in [2.24, 2.45) is 0 Å². The van der Waals surface area contributed by atoms with E-state index in [9.17, 15) is 27.9 Å². The number of phenols is 1. The zero-order chi connectivity index (χ0) is 23.5. The van der Waals surface area contributed by atoms with Gasteiger partial charge in [-0.2, -0.15) is 13.2 Å².